The van der Waals surface area contributed by atoms with Crippen molar-refractivity contribution in [3.63, 3.8) is 0 Å². The molecular formula is C17H14Cl2N2O3. The van der Waals surface area contributed by atoms with Crippen molar-refractivity contribution in [3.8, 4) is 0 Å². The third kappa shape index (κ3) is 3.68. The standard InChI is InChI=1S/C17H14Cl2N2O3/c18-12-5-3-11(4-6-12)16(10-1-2-10)20-17(22)14-8-7-13(21(23)24)9-15(14)19/h3-10,16H,1-2H2,(H,20,22). The number of benzene rings is 2. The Balaban J connectivity index is 1.81. The fourth-order valence-electron chi connectivity index (χ4n) is 2.59. The minimum Gasteiger partial charge on any atom is -0.345 e. The van der Waals surface area contributed by atoms with Gasteiger partial charge in [-0.1, -0.05) is 35.3 Å². The highest BCUT2D eigenvalue weighted by atomic mass is 35.5. The van der Waals surface area contributed by atoms with Crippen LogP contribution in [0.2, 0.25) is 10.0 Å². The summed E-state index contributed by atoms with van der Waals surface area (Å²) < 4.78 is 0. The van der Waals surface area contributed by atoms with Gasteiger partial charge in [-0.3, -0.25) is 14.9 Å². The molecule has 0 bridgehead atoms. The van der Waals surface area contributed by atoms with Crippen molar-refractivity contribution >= 4 is 34.8 Å². The summed E-state index contributed by atoms with van der Waals surface area (Å²) in [5.41, 5.74) is 1.06. The molecule has 0 spiro atoms. The first-order chi connectivity index (χ1) is 11.5. The van der Waals surface area contributed by atoms with Crippen LogP contribution in [-0.2, 0) is 0 Å². The number of hydrogen-bond donors (Lipinski definition) is 1. The van der Waals surface area contributed by atoms with Crippen LogP contribution in [-0.4, -0.2) is 10.8 Å². The molecule has 1 saturated carbocycles. The van der Waals surface area contributed by atoms with E-state index in [9.17, 15) is 14.9 Å². The zero-order chi connectivity index (χ0) is 17.3. The molecule has 1 aliphatic carbocycles. The zero-order valence-electron chi connectivity index (χ0n) is 12.5. The van der Waals surface area contributed by atoms with Crippen LogP contribution in [0.4, 0.5) is 5.69 Å². The van der Waals surface area contributed by atoms with E-state index in [1.165, 1.54) is 18.2 Å². The van der Waals surface area contributed by atoms with Crippen LogP contribution in [0.5, 0.6) is 0 Å². The summed E-state index contributed by atoms with van der Waals surface area (Å²) >= 11 is 11.9. The zero-order valence-corrected chi connectivity index (χ0v) is 14.1. The molecule has 0 heterocycles. The van der Waals surface area contributed by atoms with Crippen LogP contribution < -0.4 is 5.32 Å². The van der Waals surface area contributed by atoms with Gasteiger partial charge in [0.25, 0.3) is 11.6 Å². The molecule has 0 aromatic heterocycles. The average Bonchev–Trinajstić information content (AvgIpc) is 3.38. The minimum atomic E-state index is -0.547. The Bertz CT molecular complexity index is 789. The second-order valence-corrected chi connectivity index (χ2v) is 6.61. The third-order valence-electron chi connectivity index (χ3n) is 4.02. The summed E-state index contributed by atoms with van der Waals surface area (Å²) in [6.07, 6.45) is 2.09. The Morgan fingerprint density at radius 1 is 1.17 bits per heavy atom. The first-order valence-electron chi connectivity index (χ1n) is 7.46. The van der Waals surface area contributed by atoms with E-state index in [0.717, 1.165) is 18.4 Å². The molecule has 1 aliphatic rings. The van der Waals surface area contributed by atoms with Gasteiger partial charge >= 0.3 is 0 Å². The van der Waals surface area contributed by atoms with Crippen molar-refractivity contribution in [2.75, 3.05) is 0 Å². The highest BCUT2D eigenvalue weighted by molar-refractivity contribution is 6.34. The quantitative estimate of drug-likeness (QED) is 0.612. The molecule has 0 saturated heterocycles. The molecule has 2 aromatic rings. The van der Waals surface area contributed by atoms with Crippen LogP contribution in [0.3, 0.4) is 0 Å². The molecule has 1 fully saturated rings. The molecular weight excluding hydrogens is 351 g/mol. The number of carbonyl (C=O) groups is 1. The molecule has 0 aliphatic heterocycles. The predicted molar refractivity (Wildman–Crippen MR) is 92.5 cm³/mol. The van der Waals surface area contributed by atoms with Gasteiger partial charge in [0.1, 0.15) is 0 Å². The van der Waals surface area contributed by atoms with Crippen LogP contribution >= 0.6 is 23.2 Å². The number of nitrogens with zero attached hydrogens (tertiary/aromatic N) is 1. The number of amides is 1. The number of rotatable bonds is 5. The van der Waals surface area contributed by atoms with Gasteiger partial charge in [-0.25, -0.2) is 0 Å². The van der Waals surface area contributed by atoms with Gasteiger partial charge in [-0.05, 0) is 42.5 Å². The highest BCUT2D eigenvalue weighted by Crippen LogP contribution is 2.41. The van der Waals surface area contributed by atoms with E-state index in [1.54, 1.807) is 12.1 Å². The lowest BCUT2D eigenvalue weighted by molar-refractivity contribution is -0.384. The van der Waals surface area contributed by atoms with Gasteiger partial charge in [0.15, 0.2) is 0 Å². The lowest BCUT2D eigenvalue weighted by Crippen LogP contribution is -2.30. The summed E-state index contributed by atoms with van der Waals surface area (Å²) in [7, 11) is 0. The smallest absolute Gasteiger partial charge is 0.270 e. The first kappa shape index (κ1) is 16.7. The number of nitro benzene ring substituents is 1. The summed E-state index contributed by atoms with van der Waals surface area (Å²) in [4.78, 5) is 22.7. The maximum Gasteiger partial charge on any atom is 0.270 e. The van der Waals surface area contributed by atoms with E-state index < -0.39 is 4.92 Å². The van der Waals surface area contributed by atoms with E-state index in [0.29, 0.717) is 10.9 Å². The fraction of sp³-hybridized carbons (Fsp3) is 0.235. The van der Waals surface area contributed by atoms with Crippen molar-refractivity contribution in [1.29, 1.82) is 0 Å². The number of hydrogen-bond acceptors (Lipinski definition) is 3. The Morgan fingerprint density at radius 3 is 2.38 bits per heavy atom. The SMILES string of the molecule is O=C(NC(c1ccc(Cl)cc1)C1CC1)c1ccc([N+](=O)[O-])cc1Cl. The van der Waals surface area contributed by atoms with Gasteiger partial charge in [0.2, 0.25) is 0 Å². The summed E-state index contributed by atoms with van der Waals surface area (Å²) in [5, 5.41) is 14.4. The van der Waals surface area contributed by atoms with E-state index in [4.69, 9.17) is 23.2 Å². The second kappa shape index (κ2) is 6.79. The number of halogens is 2. The Morgan fingerprint density at radius 2 is 1.83 bits per heavy atom. The molecule has 24 heavy (non-hydrogen) atoms. The van der Waals surface area contributed by atoms with Gasteiger partial charge in [-0.2, -0.15) is 0 Å². The van der Waals surface area contributed by atoms with Gasteiger partial charge < -0.3 is 5.32 Å². The van der Waals surface area contributed by atoms with Crippen molar-refractivity contribution in [1.82, 2.24) is 5.32 Å². The molecule has 3 rings (SSSR count). The van der Waals surface area contributed by atoms with Crippen molar-refractivity contribution in [2.45, 2.75) is 18.9 Å². The maximum atomic E-state index is 12.5. The van der Waals surface area contributed by atoms with Crippen LogP contribution in [0, 0.1) is 16.0 Å². The third-order valence-corrected chi connectivity index (χ3v) is 4.58. The first-order valence-corrected chi connectivity index (χ1v) is 8.21. The topological polar surface area (TPSA) is 72.2 Å². The fourth-order valence-corrected chi connectivity index (χ4v) is 2.98. The molecule has 7 heteroatoms. The van der Waals surface area contributed by atoms with Crippen molar-refractivity contribution in [3.05, 3.63) is 73.8 Å². The molecule has 1 unspecified atom stereocenters. The summed E-state index contributed by atoms with van der Waals surface area (Å²) in [6, 6.07) is 11.1. The molecule has 0 radical (unpaired) electrons. The Kier molecular flexibility index (Phi) is 4.73. The Labute approximate surface area is 148 Å². The van der Waals surface area contributed by atoms with Crippen LogP contribution in [0.25, 0.3) is 0 Å². The number of nitro groups is 1. The van der Waals surface area contributed by atoms with Crippen molar-refractivity contribution in [2.24, 2.45) is 5.92 Å². The minimum absolute atomic E-state index is 0.0624. The summed E-state index contributed by atoms with van der Waals surface area (Å²) in [6.45, 7) is 0. The number of nitrogens with one attached hydrogen (secondary N) is 1. The van der Waals surface area contributed by atoms with Gasteiger partial charge in [0, 0.05) is 17.2 Å². The van der Waals surface area contributed by atoms with Crippen molar-refractivity contribution < 1.29 is 9.72 Å². The summed E-state index contributed by atoms with van der Waals surface area (Å²) in [5.74, 6) is 0.0358. The normalized spacial score (nSPS) is 14.9. The lowest BCUT2D eigenvalue weighted by atomic mass is 10.0. The lowest BCUT2D eigenvalue weighted by Gasteiger charge is -2.19. The van der Waals surface area contributed by atoms with E-state index >= 15 is 0 Å². The highest BCUT2D eigenvalue weighted by Gasteiger charge is 2.34. The monoisotopic (exact) mass is 364 g/mol. The van der Waals surface area contributed by atoms with Gasteiger partial charge in [0.05, 0.1) is 21.6 Å². The largest absolute Gasteiger partial charge is 0.345 e. The molecule has 5 nitrogen and oxygen atoms in total. The average molecular weight is 365 g/mol. The van der Waals surface area contributed by atoms with E-state index in [-0.39, 0.29) is 28.2 Å². The van der Waals surface area contributed by atoms with Gasteiger partial charge in [-0.15, -0.1) is 0 Å². The number of carbonyl (C=O) groups excluding carboxylic acids is 1. The molecule has 2 aromatic carbocycles. The molecule has 1 atom stereocenters. The second-order valence-electron chi connectivity index (χ2n) is 5.76. The molecule has 124 valence electrons. The predicted octanol–water partition coefficient (Wildman–Crippen LogP) is 4.78. The van der Waals surface area contributed by atoms with E-state index in [1.807, 2.05) is 12.1 Å². The Hall–Kier alpha value is -2.11. The van der Waals surface area contributed by atoms with Crippen LogP contribution in [0.15, 0.2) is 42.5 Å². The molecule has 1 amide bonds. The van der Waals surface area contributed by atoms with E-state index in [2.05, 4.69) is 5.32 Å². The number of non-ortho nitro benzene ring substituents is 1. The molecule has 1 N–H and O–H groups in total. The maximum absolute atomic E-state index is 12.5. The van der Waals surface area contributed by atoms with Crippen LogP contribution in [0.1, 0.15) is 34.8 Å².